The molecule has 0 aliphatic carbocycles. The van der Waals surface area contributed by atoms with Gasteiger partial charge in [0.1, 0.15) is 0 Å². The van der Waals surface area contributed by atoms with Gasteiger partial charge in [-0.05, 0) is 30.2 Å². The van der Waals surface area contributed by atoms with Gasteiger partial charge in [-0.1, -0.05) is 15.9 Å². The second kappa shape index (κ2) is 4.45. The fourth-order valence-corrected chi connectivity index (χ4v) is 2.24. The largest absolute Gasteiger partial charge is 0.365 e. The number of halogens is 1. The van der Waals surface area contributed by atoms with Crippen LogP contribution < -0.4 is 9.80 Å². The molecule has 16 heavy (non-hydrogen) atoms. The molecule has 1 aromatic carbocycles. The lowest BCUT2D eigenvalue weighted by atomic mass is 10.0. The molecule has 2 rings (SSSR count). The molecular weight excluding hydrogens is 268 g/mol. The van der Waals surface area contributed by atoms with Gasteiger partial charge < -0.3 is 9.80 Å². The molecule has 1 aliphatic rings. The zero-order valence-electron chi connectivity index (χ0n) is 9.53. The molecule has 0 bridgehead atoms. The third-order valence-corrected chi connectivity index (χ3v) is 3.78. The maximum Gasteiger partial charge on any atom is 0.227 e. The summed E-state index contributed by atoms with van der Waals surface area (Å²) in [6.45, 7) is 0. The zero-order chi connectivity index (χ0) is 11.7. The Morgan fingerprint density at radius 3 is 2.88 bits per heavy atom. The van der Waals surface area contributed by atoms with E-state index in [-0.39, 0.29) is 5.91 Å². The Bertz CT molecular complexity index is 419. The number of rotatable bonds is 2. The highest BCUT2D eigenvalue weighted by Gasteiger charge is 2.20. The lowest BCUT2D eigenvalue weighted by molar-refractivity contribution is -0.118. The lowest BCUT2D eigenvalue weighted by Crippen LogP contribution is -2.31. The molecule has 1 aliphatic heterocycles. The van der Waals surface area contributed by atoms with Crippen LogP contribution in [0.1, 0.15) is 12.0 Å². The van der Waals surface area contributed by atoms with Crippen molar-refractivity contribution in [2.24, 2.45) is 0 Å². The van der Waals surface area contributed by atoms with Crippen molar-refractivity contribution in [3.8, 4) is 0 Å². The van der Waals surface area contributed by atoms with Crippen molar-refractivity contribution in [3.05, 3.63) is 23.8 Å². The van der Waals surface area contributed by atoms with Crippen LogP contribution in [0.15, 0.2) is 18.2 Å². The number of carbonyl (C=O) groups excluding carboxylic acids is 1. The number of amides is 1. The summed E-state index contributed by atoms with van der Waals surface area (Å²) in [5.74, 6) is 0.203. The van der Waals surface area contributed by atoms with E-state index in [2.05, 4.69) is 33.0 Å². The van der Waals surface area contributed by atoms with Crippen LogP contribution in [0.2, 0.25) is 0 Å². The molecule has 1 aromatic rings. The predicted molar refractivity (Wildman–Crippen MR) is 70.4 cm³/mol. The van der Waals surface area contributed by atoms with Gasteiger partial charge in [-0.3, -0.25) is 4.79 Å². The molecule has 0 spiro atoms. The second-order valence-corrected chi connectivity index (χ2v) is 4.58. The SMILES string of the molecule is CN(CBr)c1ccc2c(c1)CCC(=O)N2C. The van der Waals surface area contributed by atoms with Crippen LogP contribution in [0.4, 0.5) is 11.4 Å². The van der Waals surface area contributed by atoms with E-state index in [1.54, 1.807) is 4.90 Å². The monoisotopic (exact) mass is 282 g/mol. The molecule has 3 nitrogen and oxygen atoms in total. The number of fused-ring (bicyclic) bond motifs is 1. The molecular formula is C12H15BrN2O. The van der Waals surface area contributed by atoms with Gasteiger partial charge in [-0.25, -0.2) is 0 Å². The standard InChI is InChI=1S/C12H15BrN2O/c1-14(8-13)10-4-5-11-9(7-10)3-6-12(16)15(11)2/h4-5,7H,3,6,8H2,1-2H3. The molecule has 1 amide bonds. The van der Waals surface area contributed by atoms with Gasteiger partial charge in [0.05, 0.1) is 5.45 Å². The normalized spacial score (nSPS) is 14.9. The number of aryl methyl sites for hydroxylation is 1. The number of benzene rings is 1. The van der Waals surface area contributed by atoms with Gasteiger partial charge in [0, 0.05) is 31.9 Å². The third-order valence-electron chi connectivity index (χ3n) is 3.03. The molecule has 86 valence electrons. The molecule has 4 heteroatoms. The molecule has 1 heterocycles. The highest BCUT2D eigenvalue weighted by molar-refractivity contribution is 9.09. The highest BCUT2D eigenvalue weighted by atomic mass is 79.9. The van der Waals surface area contributed by atoms with Crippen molar-refractivity contribution in [2.45, 2.75) is 12.8 Å². The number of carbonyl (C=O) groups is 1. The van der Waals surface area contributed by atoms with Crippen LogP contribution in [0.3, 0.4) is 0 Å². The van der Waals surface area contributed by atoms with E-state index in [1.165, 1.54) is 11.3 Å². The van der Waals surface area contributed by atoms with Crippen LogP contribution in [-0.2, 0) is 11.2 Å². The fourth-order valence-electron chi connectivity index (χ4n) is 1.95. The van der Waals surface area contributed by atoms with Gasteiger partial charge in [0.2, 0.25) is 5.91 Å². The minimum Gasteiger partial charge on any atom is -0.365 e. The average molecular weight is 283 g/mol. The Hall–Kier alpha value is -1.03. The molecule has 0 radical (unpaired) electrons. The van der Waals surface area contributed by atoms with Crippen LogP contribution in [0, 0.1) is 0 Å². The topological polar surface area (TPSA) is 23.6 Å². The third kappa shape index (κ3) is 1.94. The second-order valence-electron chi connectivity index (χ2n) is 4.08. The smallest absolute Gasteiger partial charge is 0.227 e. The fraction of sp³-hybridized carbons (Fsp3) is 0.417. The summed E-state index contributed by atoms with van der Waals surface area (Å²) in [5.41, 5.74) is 4.29. The highest BCUT2D eigenvalue weighted by Crippen LogP contribution is 2.30. The summed E-state index contributed by atoms with van der Waals surface area (Å²) in [5, 5.41) is 0. The van der Waals surface area contributed by atoms with Crippen LogP contribution in [-0.4, -0.2) is 25.5 Å². The van der Waals surface area contributed by atoms with E-state index >= 15 is 0 Å². The van der Waals surface area contributed by atoms with Crippen molar-refractivity contribution in [1.82, 2.24) is 0 Å². The van der Waals surface area contributed by atoms with Crippen molar-refractivity contribution >= 4 is 33.2 Å². The van der Waals surface area contributed by atoms with Gasteiger partial charge in [-0.15, -0.1) is 0 Å². The Morgan fingerprint density at radius 2 is 2.19 bits per heavy atom. The molecule has 0 saturated heterocycles. The maximum absolute atomic E-state index is 11.5. The quantitative estimate of drug-likeness (QED) is 0.614. The number of anilines is 2. The molecule has 0 atom stereocenters. The summed E-state index contributed by atoms with van der Waals surface area (Å²) >= 11 is 3.43. The van der Waals surface area contributed by atoms with Gasteiger partial charge in [-0.2, -0.15) is 0 Å². The van der Waals surface area contributed by atoms with Gasteiger partial charge in [0.15, 0.2) is 0 Å². The van der Waals surface area contributed by atoms with Gasteiger partial charge >= 0.3 is 0 Å². The van der Waals surface area contributed by atoms with Crippen LogP contribution in [0.25, 0.3) is 0 Å². The van der Waals surface area contributed by atoms with E-state index in [4.69, 9.17) is 0 Å². The molecule has 0 unspecified atom stereocenters. The summed E-state index contributed by atoms with van der Waals surface area (Å²) in [7, 11) is 3.88. The Kier molecular flexibility index (Phi) is 3.19. The Labute approximate surface area is 104 Å². The van der Waals surface area contributed by atoms with Crippen molar-refractivity contribution < 1.29 is 4.79 Å². The summed E-state index contributed by atoms with van der Waals surface area (Å²) in [6.07, 6.45) is 1.47. The van der Waals surface area contributed by atoms with Gasteiger partial charge in [0.25, 0.3) is 0 Å². The average Bonchev–Trinajstić information content (AvgIpc) is 2.32. The first-order chi connectivity index (χ1) is 7.63. The first-order valence-corrected chi connectivity index (χ1v) is 6.42. The van der Waals surface area contributed by atoms with Crippen molar-refractivity contribution in [2.75, 3.05) is 29.3 Å². The predicted octanol–water partition coefficient (Wildman–Crippen LogP) is 2.38. The zero-order valence-corrected chi connectivity index (χ0v) is 11.1. The number of nitrogens with zero attached hydrogens (tertiary/aromatic N) is 2. The molecule has 0 N–H and O–H groups in total. The van der Waals surface area contributed by atoms with Crippen LogP contribution in [0.5, 0.6) is 0 Å². The first kappa shape index (κ1) is 11.5. The van der Waals surface area contributed by atoms with E-state index in [1.807, 2.05) is 20.2 Å². The number of alkyl halides is 1. The van der Waals surface area contributed by atoms with Crippen molar-refractivity contribution in [1.29, 1.82) is 0 Å². The minimum atomic E-state index is 0.203. The summed E-state index contributed by atoms with van der Waals surface area (Å²) in [4.78, 5) is 15.4. The Morgan fingerprint density at radius 1 is 1.44 bits per heavy atom. The number of hydrogen-bond acceptors (Lipinski definition) is 2. The van der Waals surface area contributed by atoms with Crippen LogP contribution >= 0.6 is 15.9 Å². The van der Waals surface area contributed by atoms with E-state index in [9.17, 15) is 4.79 Å². The van der Waals surface area contributed by atoms with Crippen molar-refractivity contribution in [3.63, 3.8) is 0 Å². The summed E-state index contributed by atoms with van der Waals surface area (Å²) in [6, 6.07) is 6.25. The lowest BCUT2D eigenvalue weighted by Gasteiger charge is -2.27. The van der Waals surface area contributed by atoms with E-state index in [0.29, 0.717) is 6.42 Å². The molecule has 0 saturated carbocycles. The maximum atomic E-state index is 11.5. The Balaban J connectivity index is 2.37. The number of hydrogen-bond donors (Lipinski definition) is 0. The van der Waals surface area contributed by atoms with E-state index in [0.717, 1.165) is 17.6 Å². The summed E-state index contributed by atoms with van der Waals surface area (Å²) < 4.78 is 0. The minimum absolute atomic E-state index is 0.203. The molecule has 0 fully saturated rings. The first-order valence-electron chi connectivity index (χ1n) is 5.30. The van der Waals surface area contributed by atoms with E-state index < -0.39 is 0 Å². The molecule has 0 aromatic heterocycles.